The molecule has 0 saturated carbocycles. The molecule has 1 amide bonds. The predicted molar refractivity (Wildman–Crippen MR) is 101 cm³/mol. The van der Waals surface area contributed by atoms with E-state index in [-0.39, 0.29) is 17.8 Å². The fraction of sp³-hybridized carbons (Fsp3) is 0.350. The number of anilines is 1. The number of aromatic nitrogens is 3. The van der Waals surface area contributed by atoms with E-state index in [2.05, 4.69) is 10.3 Å². The molecule has 28 heavy (non-hydrogen) atoms. The van der Waals surface area contributed by atoms with Gasteiger partial charge in [0, 0.05) is 30.4 Å². The number of hydrogen-bond acceptors (Lipinski definition) is 3. The van der Waals surface area contributed by atoms with Crippen molar-refractivity contribution in [1.29, 1.82) is 0 Å². The van der Waals surface area contributed by atoms with Crippen molar-refractivity contribution in [2.24, 2.45) is 0 Å². The van der Waals surface area contributed by atoms with Gasteiger partial charge in [-0.25, -0.2) is 13.8 Å². The Bertz CT molecular complexity index is 1130. The molecule has 6 nitrogen and oxygen atoms in total. The van der Waals surface area contributed by atoms with Crippen LogP contribution in [0, 0.1) is 18.6 Å². The minimum Gasteiger partial charge on any atom is -0.330 e. The van der Waals surface area contributed by atoms with Gasteiger partial charge in [-0.05, 0) is 38.0 Å². The van der Waals surface area contributed by atoms with E-state index in [9.17, 15) is 18.4 Å². The topological polar surface area (TPSA) is 68.9 Å². The van der Waals surface area contributed by atoms with E-state index in [0.29, 0.717) is 17.6 Å². The van der Waals surface area contributed by atoms with Gasteiger partial charge in [-0.3, -0.25) is 14.2 Å². The van der Waals surface area contributed by atoms with Crippen LogP contribution in [0.5, 0.6) is 0 Å². The summed E-state index contributed by atoms with van der Waals surface area (Å²) in [6, 6.07) is 4.96. The Morgan fingerprint density at radius 1 is 1.18 bits per heavy atom. The molecule has 1 aromatic carbocycles. The average Bonchev–Trinajstić information content (AvgIpc) is 2.82. The molecule has 0 spiro atoms. The lowest BCUT2D eigenvalue weighted by Crippen LogP contribution is -2.28. The van der Waals surface area contributed by atoms with Gasteiger partial charge in [0.05, 0.1) is 5.52 Å². The number of hydrogen-bond donors (Lipinski definition) is 1. The summed E-state index contributed by atoms with van der Waals surface area (Å²) in [4.78, 5) is 30.2. The number of rotatable bonds is 3. The first-order valence-electron chi connectivity index (χ1n) is 9.28. The number of carbonyl (C=O) groups is 1. The van der Waals surface area contributed by atoms with Gasteiger partial charge in [0.15, 0.2) is 11.6 Å². The van der Waals surface area contributed by atoms with Crippen LogP contribution in [0.15, 0.2) is 29.1 Å². The van der Waals surface area contributed by atoms with Crippen molar-refractivity contribution in [2.45, 2.75) is 45.7 Å². The molecule has 4 rings (SSSR count). The van der Waals surface area contributed by atoms with E-state index < -0.39 is 17.5 Å². The first kappa shape index (κ1) is 18.3. The van der Waals surface area contributed by atoms with Crippen LogP contribution >= 0.6 is 0 Å². The van der Waals surface area contributed by atoms with Gasteiger partial charge >= 0.3 is 0 Å². The van der Waals surface area contributed by atoms with Crippen LogP contribution in [0.3, 0.4) is 0 Å². The van der Waals surface area contributed by atoms with Crippen molar-refractivity contribution in [2.75, 3.05) is 5.32 Å². The van der Waals surface area contributed by atoms with Crippen molar-refractivity contribution in [1.82, 2.24) is 14.1 Å². The molecule has 8 heteroatoms. The zero-order valence-corrected chi connectivity index (χ0v) is 15.5. The first-order chi connectivity index (χ1) is 13.4. The van der Waals surface area contributed by atoms with Gasteiger partial charge in [-0.2, -0.15) is 0 Å². The van der Waals surface area contributed by atoms with Crippen LogP contribution in [-0.2, 0) is 24.3 Å². The molecule has 3 heterocycles. The number of nitrogens with zero attached hydrogens (tertiary/aromatic N) is 3. The van der Waals surface area contributed by atoms with Crippen molar-refractivity contribution < 1.29 is 13.6 Å². The number of carbonyl (C=O) groups excluding carboxylic acids is 1. The summed E-state index contributed by atoms with van der Waals surface area (Å²) in [7, 11) is 0. The molecule has 1 aliphatic rings. The number of fused-ring (bicyclic) bond motifs is 2. The Hall–Kier alpha value is -3.03. The Labute approximate surface area is 159 Å². The number of amides is 1. The van der Waals surface area contributed by atoms with Crippen LogP contribution in [0.25, 0.3) is 11.0 Å². The lowest BCUT2D eigenvalue weighted by atomic mass is 10.2. The van der Waals surface area contributed by atoms with E-state index in [1.807, 2.05) is 6.92 Å². The summed E-state index contributed by atoms with van der Waals surface area (Å²) in [6.07, 6.45) is 3.76. The van der Waals surface area contributed by atoms with Gasteiger partial charge in [0.1, 0.15) is 17.9 Å². The SMILES string of the molecule is Cc1cc2nc3n(c(=O)c2n1CC(=O)Nc1ccc(F)c(F)c1)CCCCC3. The summed E-state index contributed by atoms with van der Waals surface area (Å²) in [6.45, 7) is 2.31. The van der Waals surface area contributed by atoms with Crippen LogP contribution in [0.4, 0.5) is 14.5 Å². The molecular weight excluding hydrogens is 366 g/mol. The molecule has 0 aliphatic carbocycles. The van der Waals surface area contributed by atoms with Crippen molar-refractivity contribution in [3.8, 4) is 0 Å². The van der Waals surface area contributed by atoms with Crippen LogP contribution < -0.4 is 10.9 Å². The van der Waals surface area contributed by atoms with Crippen molar-refractivity contribution in [3.63, 3.8) is 0 Å². The van der Waals surface area contributed by atoms with E-state index in [1.165, 1.54) is 6.07 Å². The molecule has 146 valence electrons. The molecule has 0 atom stereocenters. The van der Waals surface area contributed by atoms with E-state index in [0.717, 1.165) is 49.3 Å². The van der Waals surface area contributed by atoms with E-state index in [1.54, 1.807) is 15.2 Å². The highest BCUT2D eigenvalue weighted by Gasteiger charge is 2.19. The third-order valence-electron chi connectivity index (χ3n) is 5.08. The normalized spacial score (nSPS) is 14.0. The van der Waals surface area contributed by atoms with Crippen molar-refractivity contribution in [3.05, 3.63) is 57.8 Å². The number of aryl methyl sites for hydroxylation is 2. The average molecular weight is 386 g/mol. The minimum atomic E-state index is -1.04. The molecule has 0 saturated heterocycles. The summed E-state index contributed by atoms with van der Waals surface area (Å²) in [5.74, 6) is -1.67. The second-order valence-electron chi connectivity index (χ2n) is 7.08. The number of nitrogens with one attached hydrogen (secondary N) is 1. The third kappa shape index (κ3) is 3.30. The van der Waals surface area contributed by atoms with Crippen LogP contribution in [0.1, 0.15) is 30.8 Å². The highest BCUT2D eigenvalue weighted by atomic mass is 19.2. The van der Waals surface area contributed by atoms with Gasteiger partial charge in [0.2, 0.25) is 5.91 Å². The molecule has 3 aromatic rings. The Balaban J connectivity index is 1.67. The minimum absolute atomic E-state index is 0.120. The first-order valence-corrected chi connectivity index (χ1v) is 9.28. The molecular formula is C20H20F2N4O2. The quantitative estimate of drug-likeness (QED) is 0.752. The summed E-state index contributed by atoms with van der Waals surface area (Å²) >= 11 is 0. The highest BCUT2D eigenvalue weighted by Crippen LogP contribution is 2.19. The second kappa shape index (κ2) is 7.18. The molecule has 1 aliphatic heterocycles. The van der Waals surface area contributed by atoms with E-state index in [4.69, 9.17) is 0 Å². The fourth-order valence-electron chi connectivity index (χ4n) is 3.69. The molecule has 2 aromatic heterocycles. The number of benzene rings is 1. The molecule has 1 N–H and O–H groups in total. The Kier molecular flexibility index (Phi) is 4.70. The fourth-order valence-corrected chi connectivity index (χ4v) is 3.69. The standard InChI is InChI=1S/C20H20F2N4O2/c1-12-9-16-19(20(28)25-8-4-2-3-5-17(25)24-16)26(12)11-18(27)23-13-6-7-14(21)15(22)10-13/h6-7,9-10H,2-5,8,11H2,1H3,(H,23,27). The summed E-state index contributed by atoms with van der Waals surface area (Å²) < 4.78 is 29.7. The van der Waals surface area contributed by atoms with E-state index >= 15 is 0 Å². The van der Waals surface area contributed by atoms with Gasteiger partial charge in [-0.15, -0.1) is 0 Å². The predicted octanol–water partition coefficient (Wildman–Crippen LogP) is 3.15. The maximum atomic E-state index is 13.3. The molecule has 0 bridgehead atoms. The number of halogens is 2. The van der Waals surface area contributed by atoms with Gasteiger partial charge < -0.3 is 9.88 Å². The smallest absolute Gasteiger partial charge is 0.278 e. The van der Waals surface area contributed by atoms with Crippen LogP contribution in [0.2, 0.25) is 0 Å². The molecule has 0 fully saturated rings. The zero-order valence-electron chi connectivity index (χ0n) is 15.5. The van der Waals surface area contributed by atoms with Gasteiger partial charge in [-0.1, -0.05) is 6.42 Å². The Morgan fingerprint density at radius 2 is 2.00 bits per heavy atom. The van der Waals surface area contributed by atoms with Gasteiger partial charge in [0.25, 0.3) is 5.56 Å². The third-order valence-corrected chi connectivity index (χ3v) is 5.08. The lowest BCUT2D eigenvalue weighted by Gasteiger charge is -2.12. The van der Waals surface area contributed by atoms with Crippen molar-refractivity contribution >= 4 is 22.6 Å². The monoisotopic (exact) mass is 386 g/mol. The second-order valence-corrected chi connectivity index (χ2v) is 7.08. The van der Waals surface area contributed by atoms with Crippen LogP contribution in [-0.4, -0.2) is 20.0 Å². The lowest BCUT2D eigenvalue weighted by molar-refractivity contribution is -0.116. The maximum absolute atomic E-state index is 13.3. The highest BCUT2D eigenvalue weighted by molar-refractivity contribution is 5.91. The summed E-state index contributed by atoms with van der Waals surface area (Å²) in [5, 5.41) is 2.54. The maximum Gasteiger partial charge on any atom is 0.278 e. The largest absolute Gasteiger partial charge is 0.330 e. The molecule has 0 unspecified atom stereocenters. The zero-order chi connectivity index (χ0) is 19.8. The Morgan fingerprint density at radius 3 is 2.79 bits per heavy atom. The molecule has 0 radical (unpaired) electrons. The summed E-state index contributed by atoms with van der Waals surface area (Å²) in [5.41, 5.74) is 1.72.